The Bertz CT molecular complexity index is 497. The predicted octanol–water partition coefficient (Wildman–Crippen LogP) is 2.09. The Balaban J connectivity index is 2.80. The highest BCUT2D eigenvalue weighted by Gasteiger charge is 2.15. The predicted molar refractivity (Wildman–Crippen MR) is 76.1 cm³/mol. The largest absolute Gasteiger partial charge is 0.478 e. The van der Waals surface area contributed by atoms with Crippen molar-refractivity contribution in [2.75, 3.05) is 13.7 Å². The molecule has 0 aliphatic rings. The van der Waals surface area contributed by atoms with Crippen molar-refractivity contribution in [3.8, 4) is 0 Å². The normalized spacial score (nSPS) is 12.2. The number of aryl methyl sites for hydroxylation is 1. The average molecular weight is 279 g/mol. The van der Waals surface area contributed by atoms with Gasteiger partial charge in [-0.1, -0.05) is 13.8 Å². The summed E-state index contributed by atoms with van der Waals surface area (Å²) in [4.78, 5) is 23.0. The zero-order valence-corrected chi connectivity index (χ0v) is 12.3. The van der Waals surface area contributed by atoms with Crippen LogP contribution in [-0.4, -0.2) is 36.7 Å². The lowest BCUT2D eigenvalue weighted by atomic mass is 10.0. The molecule has 0 fully saturated rings. The van der Waals surface area contributed by atoms with Crippen LogP contribution in [0.25, 0.3) is 0 Å². The summed E-state index contributed by atoms with van der Waals surface area (Å²) >= 11 is 0. The first-order valence-electron chi connectivity index (χ1n) is 6.51. The highest BCUT2D eigenvalue weighted by atomic mass is 16.5. The molecule has 0 aromatic heterocycles. The van der Waals surface area contributed by atoms with Gasteiger partial charge in [-0.15, -0.1) is 0 Å². The van der Waals surface area contributed by atoms with Crippen LogP contribution in [0, 0.1) is 12.8 Å². The Morgan fingerprint density at radius 3 is 2.35 bits per heavy atom. The molecule has 20 heavy (non-hydrogen) atoms. The van der Waals surface area contributed by atoms with E-state index in [4.69, 9.17) is 9.84 Å². The number of ether oxygens (including phenoxy) is 1. The van der Waals surface area contributed by atoms with Gasteiger partial charge in [-0.2, -0.15) is 0 Å². The van der Waals surface area contributed by atoms with E-state index in [0.29, 0.717) is 12.1 Å². The fourth-order valence-electron chi connectivity index (χ4n) is 1.92. The van der Waals surface area contributed by atoms with Crippen LogP contribution in [-0.2, 0) is 4.74 Å². The van der Waals surface area contributed by atoms with Crippen LogP contribution in [0.1, 0.15) is 40.1 Å². The van der Waals surface area contributed by atoms with Crippen molar-refractivity contribution in [1.82, 2.24) is 5.32 Å². The molecule has 0 radical (unpaired) electrons. The third-order valence-electron chi connectivity index (χ3n) is 3.10. The number of methoxy groups -OCH3 is 1. The summed E-state index contributed by atoms with van der Waals surface area (Å²) < 4.78 is 5.27. The zero-order valence-electron chi connectivity index (χ0n) is 12.3. The van der Waals surface area contributed by atoms with Crippen LogP contribution >= 0.6 is 0 Å². The van der Waals surface area contributed by atoms with Crippen LogP contribution < -0.4 is 5.32 Å². The molecule has 0 aliphatic carbocycles. The number of carboxylic acid groups (broad SMARTS) is 1. The maximum absolute atomic E-state index is 12.1. The minimum absolute atomic E-state index is 0.0669. The molecule has 1 rings (SSSR count). The molecule has 0 heterocycles. The number of aromatic carboxylic acids is 1. The molecule has 1 atom stereocenters. The van der Waals surface area contributed by atoms with E-state index in [2.05, 4.69) is 5.32 Å². The molecule has 0 aliphatic heterocycles. The molecule has 1 aromatic rings. The van der Waals surface area contributed by atoms with E-state index in [1.54, 1.807) is 20.1 Å². The summed E-state index contributed by atoms with van der Waals surface area (Å²) in [6.45, 7) is 6.17. The number of carboxylic acids is 1. The summed E-state index contributed by atoms with van der Waals surface area (Å²) in [6, 6.07) is 4.58. The molecule has 0 saturated carbocycles. The molecule has 0 spiro atoms. The fraction of sp³-hybridized carbons (Fsp3) is 0.467. The van der Waals surface area contributed by atoms with Crippen LogP contribution in [0.3, 0.4) is 0 Å². The summed E-state index contributed by atoms with van der Waals surface area (Å²) in [5, 5.41) is 11.8. The first kappa shape index (κ1) is 16.2. The van der Waals surface area contributed by atoms with E-state index in [-0.39, 0.29) is 23.5 Å². The number of carbonyl (C=O) groups excluding carboxylic acids is 1. The van der Waals surface area contributed by atoms with Gasteiger partial charge in [0.25, 0.3) is 5.91 Å². The smallest absolute Gasteiger partial charge is 0.335 e. The van der Waals surface area contributed by atoms with E-state index in [9.17, 15) is 9.59 Å². The van der Waals surface area contributed by atoms with Crippen molar-refractivity contribution >= 4 is 11.9 Å². The van der Waals surface area contributed by atoms with Crippen molar-refractivity contribution in [2.24, 2.45) is 5.92 Å². The zero-order chi connectivity index (χ0) is 15.3. The van der Waals surface area contributed by atoms with Crippen molar-refractivity contribution in [2.45, 2.75) is 26.9 Å². The van der Waals surface area contributed by atoms with Gasteiger partial charge in [0.15, 0.2) is 0 Å². The molecule has 0 bridgehead atoms. The van der Waals surface area contributed by atoms with Crippen LogP contribution in [0.4, 0.5) is 0 Å². The summed E-state index contributed by atoms with van der Waals surface area (Å²) in [5.41, 5.74) is 1.20. The molecular formula is C15H21NO4. The first-order valence-corrected chi connectivity index (χ1v) is 6.51. The van der Waals surface area contributed by atoms with Gasteiger partial charge >= 0.3 is 5.97 Å². The van der Waals surface area contributed by atoms with Crippen molar-refractivity contribution in [3.63, 3.8) is 0 Å². The van der Waals surface area contributed by atoms with Crippen molar-refractivity contribution in [3.05, 3.63) is 34.9 Å². The molecule has 5 heteroatoms. The van der Waals surface area contributed by atoms with E-state index in [0.717, 1.165) is 5.56 Å². The van der Waals surface area contributed by atoms with Crippen molar-refractivity contribution < 1.29 is 19.4 Å². The van der Waals surface area contributed by atoms with E-state index in [1.165, 1.54) is 12.1 Å². The lowest BCUT2D eigenvalue weighted by Crippen LogP contribution is -2.36. The maximum atomic E-state index is 12.1. The molecule has 1 amide bonds. The van der Waals surface area contributed by atoms with Gasteiger partial charge in [0.05, 0.1) is 11.7 Å². The number of hydrogen-bond acceptors (Lipinski definition) is 3. The second-order valence-electron chi connectivity index (χ2n) is 5.12. The molecular weight excluding hydrogens is 258 g/mol. The van der Waals surface area contributed by atoms with Crippen molar-refractivity contribution in [1.29, 1.82) is 0 Å². The number of hydrogen-bond donors (Lipinski definition) is 2. The summed E-state index contributed by atoms with van der Waals surface area (Å²) in [5.74, 6) is -1.05. The van der Waals surface area contributed by atoms with Gasteiger partial charge in [-0.05, 0) is 36.6 Å². The number of nitrogens with one attached hydrogen (secondary N) is 1. The molecule has 0 saturated heterocycles. The third-order valence-corrected chi connectivity index (χ3v) is 3.10. The summed E-state index contributed by atoms with van der Waals surface area (Å²) in [6.07, 6.45) is -0.0669. The van der Waals surface area contributed by atoms with Gasteiger partial charge in [-0.3, -0.25) is 4.79 Å². The SMILES string of the molecule is COC(CNC(=O)c1cc(C)cc(C(=O)O)c1)C(C)C. The molecule has 1 unspecified atom stereocenters. The summed E-state index contributed by atoms with van der Waals surface area (Å²) in [7, 11) is 1.60. The van der Waals surface area contributed by atoms with Gasteiger partial charge in [-0.25, -0.2) is 4.79 Å². The van der Waals surface area contributed by atoms with Gasteiger partial charge < -0.3 is 15.2 Å². The Hall–Kier alpha value is -1.88. The molecule has 1 aromatic carbocycles. The lowest BCUT2D eigenvalue weighted by molar-refractivity contribution is 0.0605. The first-order chi connectivity index (χ1) is 9.35. The van der Waals surface area contributed by atoms with Gasteiger partial charge in [0.2, 0.25) is 0 Å². The standard InChI is InChI=1S/C15H21NO4/c1-9(2)13(20-4)8-16-14(17)11-5-10(3)6-12(7-11)15(18)19/h5-7,9,13H,8H2,1-4H3,(H,16,17)(H,18,19). The molecule has 5 nitrogen and oxygen atoms in total. The van der Waals surface area contributed by atoms with Crippen LogP contribution in [0.15, 0.2) is 18.2 Å². The second-order valence-corrected chi connectivity index (χ2v) is 5.12. The number of amides is 1. The highest BCUT2D eigenvalue weighted by molar-refractivity contribution is 5.97. The maximum Gasteiger partial charge on any atom is 0.335 e. The van der Waals surface area contributed by atoms with Crippen LogP contribution in [0.5, 0.6) is 0 Å². The lowest BCUT2D eigenvalue weighted by Gasteiger charge is -2.19. The number of rotatable bonds is 6. The Kier molecular flexibility index (Phi) is 5.70. The average Bonchev–Trinajstić information content (AvgIpc) is 2.37. The van der Waals surface area contributed by atoms with Gasteiger partial charge in [0.1, 0.15) is 0 Å². The number of carbonyl (C=O) groups is 2. The fourth-order valence-corrected chi connectivity index (χ4v) is 1.92. The van der Waals surface area contributed by atoms with E-state index < -0.39 is 5.97 Å². The minimum Gasteiger partial charge on any atom is -0.478 e. The highest BCUT2D eigenvalue weighted by Crippen LogP contribution is 2.10. The topological polar surface area (TPSA) is 75.6 Å². The molecule has 110 valence electrons. The van der Waals surface area contributed by atoms with Gasteiger partial charge in [0, 0.05) is 19.2 Å². The Labute approximate surface area is 118 Å². The van der Waals surface area contributed by atoms with Crippen LogP contribution in [0.2, 0.25) is 0 Å². The van der Waals surface area contributed by atoms with E-state index >= 15 is 0 Å². The minimum atomic E-state index is -1.04. The van der Waals surface area contributed by atoms with E-state index in [1.807, 2.05) is 13.8 Å². The molecule has 2 N–H and O–H groups in total. The third kappa shape index (κ3) is 4.35. The monoisotopic (exact) mass is 279 g/mol. The Morgan fingerprint density at radius 2 is 1.85 bits per heavy atom. The Morgan fingerprint density at radius 1 is 1.25 bits per heavy atom. The second kappa shape index (κ2) is 7.05. The quantitative estimate of drug-likeness (QED) is 0.836. The number of benzene rings is 1.